The fourth-order valence-corrected chi connectivity index (χ4v) is 2.17. The van der Waals surface area contributed by atoms with E-state index in [1.807, 2.05) is 25.7 Å². The Morgan fingerprint density at radius 2 is 1.90 bits per heavy atom. The maximum Gasteiger partial charge on any atom is 0.304 e. The average molecular weight is 294 g/mol. The third-order valence-corrected chi connectivity index (χ3v) is 3.38. The minimum atomic E-state index is -0.838. The Hall–Kier alpha value is -1.95. The van der Waals surface area contributed by atoms with Gasteiger partial charge < -0.3 is 5.11 Å². The second-order valence-corrected chi connectivity index (χ2v) is 5.94. The Morgan fingerprint density at radius 3 is 2.43 bits per heavy atom. The molecule has 0 spiro atoms. The lowest BCUT2D eigenvalue weighted by Crippen LogP contribution is -2.43. The highest BCUT2D eigenvalue weighted by Crippen LogP contribution is 2.20. The number of hydrogen-bond acceptors (Lipinski definition) is 4. The molecule has 0 saturated heterocycles. The van der Waals surface area contributed by atoms with Crippen molar-refractivity contribution in [2.45, 2.75) is 39.2 Å². The maximum atomic E-state index is 11.0. The molecule has 0 saturated carbocycles. The summed E-state index contributed by atoms with van der Waals surface area (Å²) in [5.74, 6) is -0.838. The molecule has 0 aliphatic carbocycles. The number of rotatable bonds is 7. The van der Waals surface area contributed by atoms with Crippen molar-refractivity contribution in [1.29, 1.82) is 0 Å². The molecule has 0 aliphatic rings. The Labute approximate surface area is 124 Å². The summed E-state index contributed by atoms with van der Waals surface area (Å²) in [5, 5.41) is 19.8. The molecule has 1 rings (SSSR count). The highest BCUT2D eigenvalue weighted by atomic mass is 16.6. The summed E-state index contributed by atoms with van der Waals surface area (Å²) >= 11 is 0. The third kappa shape index (κ3) is 5.51. The van der Waals surface area contributed by atoms with Crippen LogP contribution in [-0.2, 0) is 11.2 Å². The van der Waals surface area contributed by atoms with Crippen molar-refractivity contribution in [1.82, 2.24) is 4.90 Å². The molecule has 0 unspecified atom stereocenters. The first-order chi connectivity index (χ1) is 9.71. The largest absolute Gasteiger partial charge is 0.481 e. The van der Waals surface area contributed by atoms with E-state index in [0.717, 1.165) is 0 Å². The average Bonchev–Trinajstić information content (AvgIpc) is 2.37. The van der Waals surface area contributed by atoms with Crippen LogP contribution in [0.5, 0.6) is 0 Å². The first kappa shape index (κ1) is 17.1. The highest BCUT2D eigenvalue weighted by Gasteiger charge is 2.22. The van der Waals surface area contributed by atoms with E-state index >= 15 is 0 Å². The van der Waals surface area contributed by atoms with Crippen molar-refractivity contribution >= 4 is 11.7 Å². The molecule has 116 valence electrons. The molecule has 1 aromatic rings. The van der Waals surface area contributed by atoms with Crippen LogP contribution in [0.4, 0.5) is 5.69 Å². The van der Waals surface area contributed by atoms with Gasteiger partial charge in [0.1, 0.15) is 0 Å². The van der Waals surface area contributed by atoms with Gasteiger partial charge in [-0.2, -0.15) is 0 Å². The molecule has 0 aromatic heterocycles. The molecule has 6 heteroatoms. The molecule has 0 bridgehead atoms. The zero-order valence-corrected chi connectivity index (χ0v) is 12.7. The molecule has 0 radical (unpaired) electrons. The van der Waals surface area contributed by atoms with Gasteiger partial charge in [0.2, 0.25) is 0 Å². The number of carbonyl (C=O) groups is 1. The molecular formula is C15H22N2O4. The number of nitro benzene ring substituents is 1. The van der Waals surface area contributed by atoms with E-state index in [9.17, 15) is 14.9 Å². The van der Waals surface area contributed by atoms with Crippen LogP contribution in [0.1, 0.15) is 32.8 Å². The van der Waals surface area contributed by atoms with Crippen molar-refractivity contribution < 1.29 is 14.8 Å². The van der Waals surface area contributed by atoms with Gasteiger partial charge >= 0.3 is 5.97 Å². The molecular weight excluding hydrogens is 272 g/mol. The van der Waals surface area contributed by atoms with Gasteiger partial charge in [0.25, 0.3) is 5.69 Å². The number of carboxylic acid groups (broad SMARTS) is 1. The van der Waals surface area contributed by atoms with E-state index in [4.69, 9.17) is 5.11 Å². The van der Waals surface area contributed by atoms with E-state index in [0.29, 0.717) is 25.1 Å². The normalized spacial score (nSPS) is 11.6. The van der Waals surface area contributed by atoms with E-state index in [2.05, 4.69) is 0 Å². The lowest BCUT2D eigenvalue weighted by Gasteiger charge is -2.35. The zero-order valence-electron chi connectivity index (χ0n) is 12.7. The van der Waals surface area contributed by atoms with Gasteiger partial charge in [-0.25, -0.2) is 0 Å². The van der Waals surface area contributed by atoms with Gasteiger partial charge in [-0.3, -0.25) is 19.8 Å². The molecule has 1 aromatic carbocycles. The highest BCUT2D eigenvalue weighted by molar-refractivity contribution is 5.66. The number of benzene rings is 1. The van der Waals surface area contributed by atoms with Crippen LogP contribution in [0, 0.1) is 10.1 Å². The van der Waals surface area contributed by atoms with Gasteiger partial charge in [0, 0.05) is 30.3 Å². The van der Waals surface area contributed by atoms with Crippen molar-refractivity contribution in [2.24, 2.45) is 0 Å². The van der Waals surface area contributed by atoms with E-state index in [1.165, 1.54) is 6.07 Å². The summed E-state index contributed by atoms with van der Waals surface area (Å²) < 4.78 is 0. The molecule has 0 amide bonds. The first-order valence-electron chi connectivity index (χ1n) is 6.91. The van der Waals surface area contributed by atoms with Crippen LogP contribution >= 0.6 is 0 Å². The van der Waals surface area contributed by atoms with Crippen LogP contribution < -0.4 is 0 Å². The number of nitro groups is 1. The Bertz CT molecular complexity index is 509. The topological polar surface area (TPSA) is 83.7 Å². The molecule has 21 heavy (non-hydrogen) atoms. The third-order valence-electron chi connectivity index (χ3n) is 3.38. The van der Waals surface area contributed by atoms with E-state index < -0.39 is 5.97 Å². The molecule has 0 aliphatic heterocycles. The Kier molecular flexibility index (Phi) is 5.84. The molecule has 0 fully saturated rings. The van der Waals surface area contributed by atoms with E-state index in [1.54, 1.807) is 18.2 Å². The van der Waals surface area contributed by atoms with Crippen LogP contribution in [0.15, 0.2) is 24.3 Å². The zero-order chi connectivity index (χ0) is 16.0. The van der Waals surface area contributed by atoms with Crippen molar-refractivity contribution in [3.05, 3.63) is 39.9 Å². The van der Waals surface area contributed by atoms with Crippen LogP contribution in [0.2, 0.25) is 0 Å². The maximum absolute atomic E-state index is 11.0. The van der Waals surface area contributed by atoms with E-state index in [-0.39, 0.29) is 22.6 Å². The van der Waals surface area contributed by atoms with Crippen molar-refractivity contribution in [2.75, 3.05) is 13.1 Å². The summed E-state index contributed by atoms with van der Waals surface area (Å²) in [5.41, 5.74) is 0.607. The number of aliphatic carboxylic acids is 1. The fourth-order valence-electron chi connectivity index (χ4n) is 2.17. The SMILES string of the molecule is CC(C)(C)N(CCC(=O)O)CCc1ccccc1[N+](=O)[O-]. The summed E-state index contributed by atoms with van der Waals surface area (Å²) in [7, 11) is 0. The summed E-state index contributed by atoms with van der Waals surface area (Å²) in [6.45, 7) is 7.04. The second-order valence-electron chi connectivity index (χ2n) is 5.94. The van der Waals surface area contributed by atoms with Gasteiger partial charge in [0.15, 0.2) is 0 Å². The number of hydrogen-bond donors (Lipinski definition) is 1. The van der Waals surface area contributed by atoms with Crippen molar-refractivity contribution in [3.63, 3.8) is 0 Å². The van der Waals surface area contributed by atoms with Crippen molar-refractivity contribution in [3.8, 4) is 0 Å². The lowest BCUT2D eigenvalue weighted by molar-refractivity contribution is -0.385. The van der Waals surface area contributed by atoms with Crippen LogP contribution in [0.25, 0.3) is 0 Å². The minimum Gasteiger partial charge on any atom is -0.481 e. The summed E-state index contributed by atoms with van der Waals surface area (Å²) in [6.07, 6.45) is 0.586. The van der Waals surface area contributed by atoms with Gasteiger partial charge in [-0.15, -0.1) is 0 Å². The predicted octanol–water partition coefficient (Wildman–Crippen LogP) is 2.71. The fraction of sp³-hybridized carbons (Fsp3) is 0.533. The second kappa shape index (κ2) is 7.17. The molecule has 0 heterocycles. The Balaban J connectivity index is 2.77. The monoisotopic (exact) mass is 294 g/mol. The number of carboxylic acids is 1. The lowest BCUT2D eigenvalue weighted by atomic mass is 10.0. The smallest absolute Gasteiger partial charge is 0.304 e. The summed E-state index contributed by atoms with van der Waals surface area (Å²) in [4.78, 5) is 23.4. The molecule has 6 nitrogen and oxygen atoms in total. The predicted molar refractivity (Wildman–Crippen MR) is 80.4 cm³/mol. The summed E-state index contributed by atoms with van der Waals surface area (Å²) in [6, 6.07) is 6.67. The standard InChI is InChI=1S/C15H22N2O4/c1-15(2,3)16(11-9-14(18)19)10-8-12-6-4-5-7-13(12)17(20)21/h4-7H,8-11H2,1-3H3,(H,18,19). The number of nitrogens with zero attached hydrogens (tertiary/aromatic N) is 2. The molecule has 0 atom stereocenters. The molecule has 1 N–H and O–H groups in total. The van der Waals surface area contributed by atoms with Gasteiger partial charge in [0.05, 0.1) is 11.3 Å². The minimum absolute atomic E-state index is 0.0636. The van der Waals surface area contributed by atoms with Crippen LogP contribution in [-0.4, -0.2) is 39.5 Å². The first-order valence-corrected chi connectivity index (χ1v) is 6.91. The Morgan fingerprint density at radius 1 is 1.29 bits per heavy atom. The quantitative estimate of drug-likeness (QED) is 0.617. The van der Waals surface area contributed by atoms with Gasteiger partial charge in [-0.05, 0) is 27.2 Å². The van der Waals surface area contributed by atoms with Gasteiger partial charge in [-0.1, -0.05) is 18.2 Å². The van der Waals surface area contributed by atoms with Crippen LogP contribution in [0.3, 0.4) is 0 Å². The number of para-hydroxylation sites is 1.